The smallest absolute Gasteiger partial charge is 0.189 e. The molecule has 0 N–H and O–H groups in total. The van der Waals surface area contributed by atoms with Crippen LogP contribution in [0.2, 0.25) is 0 Å². The lowest BCUT2D eigenvalue weighted by molar-refractivity contribution is -0.0587. The Morgan fingerprint density at radius 2 is 2.00 bits per heavy atom. The summed E-state index contributed by atoms with van der Waals surface area (Å²) in [5.74, 6) is 0. The van der Waals surface area contributed by atoms with Crippen LogP contribution >= 0.6 is 0 Å². The topological polar surface area (TPSA) is 18.5 Å². The predicted molar refractivity (Wildman–Crippen MR) is 45.4 cm³/mol. The monoisotopic (exact) mass is 162 g/mol. The molecule has 0 bridgehead atoms. The van der Waals surface area contributed by atoms with Crippen LogP contribution < -0.4 is 0 Å². The molecule has 0 saturated heterocycles. The third kappa shape index (κ3) is 1.48. The van der Waals surface area contributed by atoms with E-state index in [9.17, 15) is 0 Å². The summed E-state index contributed by atoms with van der Waals surface area (Å²) in [6.45, 7) is 0.343. The van der Waals surface area contributed by atoms with Crippen molar-refractivity contribution in [2.24, 2.45) is 0 Å². The highest BCUT2D eigenvalue weighted by Gasteiger charge is 2.10. The summed E-state index contributed by atoms with van der Waals surface area (Å²) >= 11 is 0. The van der Waals surface area contributed by atoms with Gasteiger partial charge in [-0.1, -0.05) is 30.3 Å². The van der Waals surface area contributed by atoms with Crippen LogP contribution in [0.25, 0.3) is 0 Å². The first-order valence-electron chi connectivity index (χ1n) is 3.91. The van der Waals surface area contributed by atoms with Crippen LogP contribution in [0.4, 0.5) is 0 Å². The number of ether oxygens (including phenoxy) is 2. The number of benzene rings is 1. The Bertz CT molecular complexity index is 266. The first-order valence-corrected chi connectivity index (χ1v) is 3.91. The average Bonchev–Trinajstić information content (AvgIpc) is 2.21. The predicted octanol–water partition coefficient (Wildman–Crippen LogP) is 2.25. The molecule has 0 fully saturated rings. The van der Waals surface area contributed by atoms with E-state index in [0.717, 1.165) is 5.56 Å². The summed E-state index contributed by atoms with van der Waals surface area (Å²) in [6.07, 6.45) is 3.64. The molecule has 1 unspecified atom stereocenters. The molecule has 0 spiro atoms. The minimum absolute atomic E-state index is 0.0555. The molecule has 0 aliphatic carbocycles. The second kappa shape index (κ2) is 3.41. The summed E-state index contributed by atoms with van der Waals surface area (Å²) in [5.41, 5.74) is 1.16. The Kier molecular flexibility index (Phi) is 2.10. The molecule has 2 nitrogen and oxygen atoms in total. The zero-order valence-corrected chi connectivity index (χ0v) is 6.64. The van der Waals surface area contributed by atoms with Crippen LogP contribution in [0.5, 0.6) is 0 Å². The van der Waals surface area contributed by atoms with Crippen molar-refractivity contribution in [2.75, 3.05) is 6.79 Å². The minimum Gasteiger partial charge on any atom is -0.475 e. The van der Waals surface area contributed by atoms with E-state index in [-0.39, 0.29) is 6.10 Å². The molecule has 2 rings (SSSR count). The molecule has 1 aliphatic rings. The van der Waals surface area contributed by atoms with E-state index in [1.54, 1.807) is 6.26 Å². The highest BCUT2D eigenvalue weighted by atomic mass is 16.7. The van der Waals surface area contributed by atoms with E-state index in [2.05, 4.69) is 0 Å². The van der Waals surface area contributed by atoms with Crippen molar-refractivity contribution in [2.45, 2.75) is 6.10 Å². The summed E-state index contributed by atoms with van der Waals surface area (Å²) < 4.78 is 10.3. The lowest BCUT2D eigenvalue weighted by atomic mass is 10.1. The number of hydrogen-bond donors (Lipinski definition) is 0. The van der Waals surface area contributed by atoms with Crippen LogP contribution in [0.15, 0.2) is 42.7 Å². The van der Waals surface area contributed by atoms with Gasteiger partial charge in [0.1, 0.15) is 6.10 Å². The molecule has 0 aromatic heterocycles. The summed E-state index contributed by atoms with van der Waals surface area (Å²) in [7, 11) is 0. The van der Waals surface area contributed by atoms with Crippen molar-refractivity contribution in [3.05, 3.63) is 48.2 Å². The maximum atomic E-state index is 5.35. The van der Waals surface area contributed by atoms with Gasteiger partial charge in [0.25, 0.3) is 0 Å². The average molecular weight is 162 g/mol. The Morgan fingerprint density at radius 3 is 2.67 bits per heavy atom. The third-order valence-electron chi connectivity index (χ3n) is 1.79. The zero-order valence-electron chi connectivity index (χ0n) is 6.64. The van der Waals surface area contributed by atoms with Gasteiger partial charge in [0.05, 0.1) is 6.26 Å². The standard InChI is InChI=1S/C10H10O2/c1-2-4-9(5-3-1)10-6-7-11-8-12-10/h1-7,10H,8H2. The summed E-state index contributed by atoms with van der Waals surface area (Å²) in [5, 5.41) is 0. The maximum absolute atomic E-state index is 5.35. The van der Waals surface area contributed by atoms with Crippen LogP contribution in [0, 0.1) is 0 Å². The fraction of sp³-hybridized carbons (Fsp3) is 0.200. The summed E-state index contributed by atoms with van der Waals surface area (Å²) in [4.78, 5) is 0. The Hall–Kier alpha value is -1.28. The first kappa shape index (κ1) is 7.37. The van der Waals surface area contributed by atoms with E-state index in [1.165, 1.54) is 0 Å². The minimum atomic E-state index is 0.0555. The van der Waals surface area contributed by atoms with Crippen molar-refractivity contribution in [3.8, 4) is 0 Å². The van der Waals surface area contributed by atoms with Gasteiger partial charge in [-0.05, 0) is 11.6 Å². The van der Waals surface area contributed by atoms with Crippen LogP contribution in [-0.4, -0.2) is 6.79 Å². The van der Waals surface area contributed by atoms with Gasteiger partial charge in [-0.25, -0.2) is 0 Å². The van der Waals surface area contributed by atoms with Gasteiger partial charge in [0, 0.05) is 0 Å². The van der Waals surface area contributed by atoms with Crippen LogP contribution in [0.1, 0.15) is 11.7 Å². The SMILES string of the molecule is C1=CC(c2ccccc2)OCO1. The highest BCUT2D eigenvalue weighted by molar-refractivity contribution is 5.21. The van der Waals surface area contributed by atoms with Gasteiger partial charge in [-0.2, -0.15) is 0 Å². The van der Waals surface area contributed by atoms with Crippen molar-refractivity contribution in [3.63, 3.8) is 0 Å². The molecule has 1 aliphatic heterocycles. The van der Waals surface area contributed by atoms with E-state index < -0.39 is 0 Å². The zero-order chi connectivity index (χ0) is 8.23. The Labute approximate surface area is 71.4 Å². The van der Waals surface area contributed by atoms with Crippen molar-refractivity contribution < 1.29 is 9.47 Å². The van der Waals surface area contributed by atoms with Gasteiger partial charge in [0.2, 0.25) is 0 Å². The Morgan fingerprint density at radius 1 is 1.17 bits per heavy atom. The lowest BCUT2D eigenvalue weighted by Gasteiger charge is -2.17. The normalized spacial score (nSPS) is 21.8. The molecule has 1 heterocycles. The first-order chi connectivity index (χ1) is 5.97. The van der Waals surface area contributed by atoms with Crippen LogP contribution in [-0.2, 0) is 9.47 Å². The van der Waals surface area contributed by atoms with Gasteiger partial charge >= 0.3 is 0 Å². The second-order valence-corrected chi connectivity index (χ2v) is 2.61. The van der Waals surface area contributed by atoms with E-state index in [1.807, 2.05) is 36.4 Å². The van der Waals surface area contributed by atoms with Gasteiger partial charge in [-0.15, -0.1) is 0 Å². The Balaban J connectivity index is 2.19. The molecule has 1 aromatic carbocycles. The maximum Gasteiger partial charge on any atom is 0.189 e. The van der Waals surface area contributed by atoms with Crippen molar-refractivity contribution in [1.29, 1.82) is 0 Å². The van der Waals surface area contributed by atoms with Crippen LogP contribution in [0.3, 0.4) is 0 Å². The highest BCUT2D eigenvalue weighted by Crippen LogP contribution is 2.20. The van der Waals surface area contributed by atoms with E-state index in [4.69, 9.17) is 9.47 Å². The quantitative estimate of drug-likeness (QED) is 0.630. The molecule has 12 heavy (non-hydrogen) atoms. The molecule has 0 saturated carbocycles. The molecular formula is C10H10O2. The molecule has 0 amide bonds. The largest absolute Gasteiger partial charge is 0.475 e. The second-order valence-electron chi connectivity index (χ2n) is 2.61. The fourth-order valence-corrected chi connectivity index (χ4v) is 1.18. The molecule has 62 valence electrons. The molecule has 1 atom stereocenters. The van der Waals surface area contributed by atoms with Crippen molar-refractivity contribution >= 4 is 0 Å². The van der Waals surface area contributed by atoms with E-state index >= 15 is 0 Å². The number of hydrogen-bond acceptors (Lipinski definition) is 2. The molecule has 1 aromatic rings. The summed E-state index contributed by atoms with van der Waals surface area (Å²) in [6, 6.07) is 10.1. The van der Waals surface area contributed by atoms with E-state index in [0.29, 0.717) is 6.79 Å². The molecule has 2 heteroatoms. The molecule has 0 radical (unpaired) electrons. The van der Waals surface area contributed by atoms with Gasteiger partial charge in [-0.3, -0.25) is 0 Å². The van der Waals surface area contributed by atoms with Gasteiger partial charge in [0.15, 0.2) is 6.79 Å². The number of rotatable bonds is 1. The third-order valence-corrected chi connectivity index (χ3v) is 1.79. The van der Waals surface area contributed by atoms with Gasteiger partial charge < -0.3 is 9.47 Å². The van der Waals surface area contributed by atoms with Crippen molar-refractivity contribution in [1.82, 2.24) is 0 Å². The molecular weight excluding hydrogens is 152 g/mol. The lowest BCUT2D eigenvalue weighted by Crippen LogP contribution is -2.08. The fourth-order valence-electron chi connectivity index (χ4n) is 1.18.